The number of Topliss-reactive ketones (excluding diaryl/α,β-unsaturated/α-hetero) is 1. The predicted molar refractivity (Wildman–Crippen MR) is 72.7 cm³/mol. The van der Waals surface area contributed by atoms with E-state index in [-0.39, 0.29) is 18.0 Å². The van der Waals surface area contributed by atoms with Crippen molar-refractivity contribution in [2.45, 2.75) is 25.1 Å². The van der Waals surface area contributed by atoms with Crippen LogP contribution in [0.3, 0.4) is 0 Å². The highest BCUT2D eigenvalue weighted by Gasteiger charge is 2.35. The van der Waals surface area contributed by atoms with Gasteiger partial charge in [0.2, 0.25) is 5.78 Å². The molecule has 17 heavy (non-hydrogen) atoms. The lowest BCUT2D eigenvalue weighted by atomic mass is 10.1. The second-order valence-electron chi connectivity index (χ2n) is 4.25. The van der Waals surface area contributed by atoms with Crippen molar-refractivity contribution in [2.75, 3.05) is 0 Å². The second-order valence-corrected chi connectivity index (χ2v) is 5.24. The van der Waals surface area contributed by atoms with Gasteiger partial charge in [-0.1, -0.05) is 41.6 Å². The Labute approximate surface area is 109 Å². The Balaban J connectivity index is 0.00000108. The van der Waals surface area contributed by atoms with Crippen LogP contribution in [-0.2, 0) is 0 Å². The van der Waals surface area contributed by atoms with Gasteiger partial charge in [-0.3, -0.25) is 4.79 Å². The largest absolute Gasteiger partial charge is 0.453 e. The fourth-order valence-corrected chi connectivity index (χ4v) is 2.60. The van der Waals surface area contributed by atoms with Crippen molar-refractivity contribution in [1.82, 2.24) is 0 Å². The number of benzene rings is 1. The summed E-state index contributed by atoms with van der Waals surface area (Å²) in [4.78, 5) is 12.0. The molecular formula is C14H15BrO2. The summed E-state index contributed by atoms with van der Waals surface area (Å²) in [5.41, 5.74) is 0.779. The maximum Gasteiger partial charge on any atom is 0.211 e. The highest BCUT2D eigenvalue weighted by atomic mass is 79.9. The van der Waals surface area contributed by atoms with Crippen LogP contribution in [0.15, 0.2) is 34.7 Å². The molecule has 1 aromatic carbocycles. The highest BCUT2D eigenvalue weighted by Crippen LogP contribution is 2.38. The van der Waals surface area contributed by atoms with E-state index in [9.17, 15) is 4.79 Å². The van der Waals surface area contributed by atoms with E-state index in [0.29, 0.717) is 11.7 Å². The normalized spacial score (nSPS) is 16.5. The van der Waals surface area contributed by atoms with E-state index < -0.39 is 0 Å². The molecule has 1 aromatic heterocycles. The summed E-state index contributed by atoms with van der Waals surface area (Å²) in [5, 5.41) is 0.987. The molecule has 0 saturated heterocycles. The number of carbonyl (C=O) groups is 1. The van der Waals surface area contributed by atoms with Gasteiger partial charge in [-0.15, -0.1) is 0 Å². The van der Waals surface area contributed by atoms with Crippen LogP contribution in [-0.4, -0.2) is 10.6 Å². The predicted octanol–water partition coefficient (Wildman–Crippen LogP) is 4.43. The number of rotatable bonds is 3. The van der Waals surface area contributed by atoms with Gasteiger partial charge in [0, 0.05) is 5.39 Å². The van der Waals surface area contributed by atoms with Crippen LogP contribution < -0.4 is 0 Å². The van der Waals surface area contributed by atoms with Gasteiger partial charge in [0.25, 0.3) is 0 Å². The van der Waals surface area contributed by atoms with Crippen molar-refractivity contribution in [3.8, 4) is 0 Å². The molecule has 0 radical (unpaired) electrons. The molecule has 0 N–H and O–H groups in total. The van der Waals surface area contributed by atoms with E-state index in [1.807, 2.05) is 30.3 Å². The summed E-state index contributed by atoms with van der Waals surface area (Å²) in [6.07, 6.45) is 2.28. The fraction of sp³-hybridized carbons (Fsp3) is 0.357. The van der Waals surface area contributed by atoms with Gasteiger partial charge >= 0.3 is 0 Å². The lowest BCUT2D eigenvalue weighted by Gasteiger charge is -2.02. The summed E-state index contributed by atoms with van der Waals surface area (Å²) in [6, 6.07) is 9.52. The Kier molecular flexibility index (Phi) is 3.38. The average molecular weight is 295 g/mol. The van der Waals surface area contributed by atoms with Crippen LogP contribution >= 0.6 is 15.9 Å². The third kappa shape index (κ3) is 2.29. The zero-order chi connectivity index (χ0) is 11.1. The molecule has 2 aromatic rings. The zero-order valence-electron chi connectivity index (χ0n) is 8.65. The van der Waals surface area contributed by atoms with E-state index in [2.05, 4.69) is 15.9 Å². The van der Waals surface area contributed by atoms with Gasteiger partial charge in [-0.2, -0.15) is 0 Å². The smallest absolute Gasteiger partial charge is 0.211 e. The molecule has 1 atom stereocenters. The first-order chi connectivity index (χ1) is 7.75. The average Bonchev–Trinajstić information content (AvgIpc) is 3.06. The fourth-order valence-electron chi connectivity index (χ4n) is 1.84. The van der Waals surface area contributed by atoms with Crippen LogP contribution in [0.5, 0.6) is 0 Å². The van der Waals surface area contributed by atoms with Gasteiger partial charge in [0.05, 0.1) is 4.83 Å². The topological polar surface area (TPSA) is 30.2 Å². The summed E-state index contributed by atoms with van der Waals surface area (Å²) in [7, 11) is 0. The molecule has 2 nitrogen and oxygen atoms in total. The minimum Gasteiger partial charge on any atom is -0.453 e. The summed E-state index contributed by atoms with van der Waals surface area (Å²) in [5.74, 6) is 1.04. The number of furan rings is 1. The lowest BCUT2D eigenvalue weighted by Crippen LogP contribution is -2.15. The van der Waals surface area contributed by atoms with E-state index >= 15 is 0 Å². The number of hydrogen-bond acceptors (Lipinski definition) is 2. The maximum absolute atomic E-state index is 12.1. The number of carbonyl (C=O) groups excluding carboxylic acids is 1. The highest BCUT2D eigenvalue weighted by molar-refractivity contribution is 9.10. The van der Waals surface area contributed by atoms with Crippen LogP contribution in [0.25, 0.3) is 11.0 Å². The van der Waals surface area contributed by atoms with Crippen molar-refractivity contribution in [3.05, 3.63) is 36.1 Å². The zero-order valence-corrected chi connectivity index (χ0v) is 10.2. The third-order valence-corrected chi connectivity index (χ3v) is 4.12. The van der Waals surface area contributed by atoms with Crippen molar-refractivity contribution in [1.29, 1.82) is 0 Å². The molecule has 1 heterocycles. The van der Waals surface area contributed by atoms with Gasteiger partial charge in [-0.25, -0.2) is 0 Å². The molecule has 0 bridgehead atoms. The molecule has 3 rings (SSSR count). The van der Waals surface area contributed by atoms with Gasteiger partial charge in [0.1, 0.15) is 5.58 Å². The van der Waals surface area contributed by atoms with Crippen molar-refractivity contribution < 1.29 is 9.21 Å². The first kappa shape index (κ1) is 12.4. The van der Waals surface area contributed by atoms with E-state index in [4.69, 9.17) is 4.42 Å². The molecule has 0 spiro atoms. The summed E-state index contributed by atoms with van der Waals surface area (Å²) >= 11 is 3.45. The lowest BCUT2D eigenvalue weighted by molar-refractivity contribution is 0.0960. The Morgan fingerprint density at radius 3 is 2.71 bits per heavy atom. The number of para-hydroxylation sites is 1. The van der Waals surface area contributed by atoms with Gasteiger partial charge < -0.3 is 4.42 Å². The van der Waals surface area contributed by atoms with E-state index in [1.165, 1.54) is 0 Å². The van der Waals surface area contributed by atoms with Gasteiger partial charge in [0.15, 0.2) is 5.76 Å². The first-order valence-electron chi connectivity index (χ1n) is 5.42. The Hall–Kier alpha value is -1.09. The standard InChI is InChI=1S/C13H11BrO2.CH4/c14-12(8-5-6-8)13(15)11-7-9-3-1-2-4-10(9)16-11;/h1-4,7-8,12H,5-6H2;1H4. The molecular weight excluding hydrogens is 280 g/mol. The van der Waals surface area contributed by atoms with Crippen molar-refractivity contribution >= 4 is 32.7 Å². The molecule has 0 amide bonds. The molecule has 3 heteroatoms. The molecule has 0 aliphatic heterocycles. The number of halogens is 1. The first-order valence-corrected chi connectivity index (χ1v) is 6.34. The molecule has 1 aliphatic rings. The minimum atomic E-state index is -0.0759. The summed E-state index contributed by atoms with van der Waals surface area (Å²) in [6.45, 7) is 0. The number of hydrogen-bond donors (Lipinski definition) is 0. The quantitative estimate of drug-likeness (QED) is 0.619. The number of alkyl halides is 1. The molecule has 1 aliphatic carbocycles. The second kappa shape index (κ2) is 4.65. The molecule has 1 fully saturated rings. The molecule has 90 valence electrons. The van der Waals surface area contributed by atoms with E-state index in [1.54, 1.807) is 0 Å². The minimum absolute atomic E-state index is 0. The number of fused-ring (bicyclic) bond motifs is 1. The monoisotopic (exact) mass is 294 g/mol. The van der Waals surface area contributed by atoms with Crippen LogP contribution in [0.4, 0.5) is 0 Å². The Morgan fingerprint density at radius 1 is 1.35 bits per heavy atom. The SMILES string of the molecule is C.O=C(c1cc2ccccc2o1)C(Br)C1CC1. The van der Waals surface area contributed by atoms with Crippen LogP contribution in [0.2, 0.25) is 0 Å². The van der Waals surface area contributed by atoms with Crippen LogP contribution in [0.1, 0.15) is 30.8 Å². The molecule has 1 saturated carbocycles. The van der Waals surface area contributed by atoms with Gasteiger partial charge in [-0.05, 0) is 30.9 Å². The number of ketones is 1. The van der Waals surface area contributed by atoms with Crippen LogP contribution in [0, 0.1) is 5.92 Å². The third-order valence-electron chi connectivity index (χ3n) is 2.95. The van der Waals surface area contributed by atoms with Crippen molar-refractivity contribution in [2.24, 2.45) is 5.92 Å². The Bertz CT molecular complexity index is 507. The van der Waals surface area contributed by atoms with Crippen molar-refractivity contribution in [3.63, 3.8) is 0 Å². The maximum atomic E-state index is 12.1. The van der Waals surface area contributed by atoms with E-state index in [0.717, 1.165) is 23.8 Å². The Morgan fingerprint density at radius 2 is 2.06 bits per heavy atom. The molecule has 1 unspecified atom stereocenters. The summed E-state index contributed by atoms with van der Waals surface area (Å²) < 4.78 is 5.55.